The number of carbonyl (C=O) groups excluding carboxylic acids is 2. The van der Waals surface area contributed by atoms with Gasteiger partial charge in [0.25, 0.3) is 0 Å². The lowest BCUT2D eigenvalue weighted by Gasteiger charge is -2.10. The van der Waals surface area contributed by atoms with E-state index in [-0.39, 0.29) is 12.5 Å². The first-order valence-electron chi connectivity index (χ1n) is 5.91. The maximum Gasteiger partial charge on any atom is 0.321 e. The lowest BCUT2D eigenvalue weighted by molar-refractivity contribution is -0.118. The van der Waals surface area contributed by atoms with Gasteiger partial charge in [-0.3, -0.25) is 10.1 Å². The standard InChI is InChI=1S/C13H19N3O2/c1-4-14-13(18)16-12(17)8-15-11-6-5-9(2)7-10(11)3/h5-7,15H,4,8H2,1-3H3,(H2,14,16,17,18). The normalized spacial score (nSPS) is 9.72. The van der Waals surface area contributed by atoms with Gasteiger partial charge < -0.3 is 10.6 Å². The average molecular weight is 249 g/mol. The van der Waals surface area contributed by atoms with Crippen molar-refractivity contribution in [2.24, 2.45) is 0 Å². The van der Waals surface area contributed by atoms with E-state index in [4.69, 9.17) is 0 Å². The van der Waals surface area contributed by atoms with Crippen LogP contribution in [0.25, 0.3) is 0 Å². The number of anilines is 1. The Morgan fingerprint density at radius 1 is 1.22 bits per heavy atom. The molecule has 18 heavy (non-hydrogen) atoms. The largest absolute Gasteiger partial charge is 0.376 e. The molecule has 0 aliphatic carbocycles. The molecule has 5 heteroatoms. The topological polar surface area (TPSA) is 70.2 Å². The predicted octanol–water partition coefficient (Wildman–Crippen LogP) is 1.56. The van der Waals surface area contributed by atoms with Gasteiger partial charge in [-0.05, 0) is 32.4 Å². The zero-order chi connectivity index (χ0) is 13.5. The van der Waals surface area contributed by atoms with Gasteiger partial charge in [-0.2, -0.15) is 0 Å². The number of amides is 3. The summed E-state index contributed by atoms with van der Waals surface area (Å²) >= 11 is 0. The van der Waals surface area contributed by atoms with Gasteiger partial charge in [-0.25, -0.2) is 4.79 Å². The first kappa shape index (κ1) is 14.0. The maximum atomic E-state index is 11.4. The van der Waals surface area contributed by atoms with Crippen LogP contribution in [0, 0.1) is 13.8 Å². The molecule has 1 aromatic carbocycles. The van der Waals surface area contributed by atoms with Crippen LogP contribution >= 0.6 is 0 Å². The van der Waals surface area contributed by atoms with Crippen LogP contribution in [-0.2, 0) is 4.79 Å². The molecule has 0 atom stereocenters. The van der Waals surface area contributed by atoms with Crippen LogP contribution in [0.15, 0.2) is 18.2 Å². The SMILES string of the molecule is CCNC(=O)NC(=O)CNc1ccc(C)cc1C. The molecule has 5 nitrogen and oxygen atoms in total. The van der Waals surface area contributed by atoms with Crippen molar-refractivity contribution in [3.63, 3.8) is 0 Å². The molecule has 0 aliphatic rings. The molecule has 98 valence electrons. The molecular formula is C13H19N3O2. The maximum absolute atomic E-state index is 11.4. The van der Waals surface area contributed by atoms with Crippen molar-refractivity contribution in [3.8, 4) is 0 Å². The molecule has 0 unspecified atom stereocenters. The van der Waals surface area contributed by atoms with E-state index in [0.29, 0.717) is 6.54 Å². The second-order valence-corrected chi connectivity index (χ2v) is 4.08. The monoisotopic (exact) mass is 249 g/mol. The molecule has 0 radical (unpaired) electrons. The molecule has 0 fully saturated rings. The average Bonchev–Trinajstić information content (AvgIpc) is 2.28. The highest BCUT2D eigenvalue weighted by Gasteiger charge is 2.06. The highest BCUT2D eigenvalue weighted by molar-refractivity contribution is 5.96. The van der Waals surface area contributed by atoms with Gasteiger partial charge in [0.05, 0.1) is 6.54 Å². The molecular weight excluding hydrogens is 230 g/mol. The molecule has 1 aromatic rings. The highest BCUT2D eigenvalue weighted by atomic mass is 16.2. The van der Waals surface area contributed by atoms with Crippen molar-refractivity contribution < 1.29 is 9.59 Å². The van der Waals surface area contributed by atoms with Crippen molar-refractivity contribution in [3.05, 3.63) is 29.3 Å². The van der Waals surface area contributed by atoms with Gasteiger partial charge in [0.15, 0.2) is 0 Å². The van der Waals surface area contributed by atoms with Crippen LogP contribution in [-0.4, -0.2) is 25.0 Å². The first-order chi connectivity index (χ1) is 8.52. The second-order valence-electron chi connectivity index (χ2n) is 4.08. The van der Waals surface area contributed by atoms with Gasteiger partial charge in [0.2, 0.25) is 5.91 Å². The summed E-state index contributed by atoms with van der Waals surface area (Å²) in [5, 5.41) is 7.72. The third-order valence-corrected chi connectivity index (χ3v) is 2.41. The van der Waals surface area contributed by atoms with E-state index in [1.165, 1.54) is 5.56 Å². The van der Waals surface area contributed by atoms with E-state index in [9.17, 15) is 9.59 Å². The van der Waals surface area contributed by atoms with Crippen LogP contribution in [0.5, 0.6) is 0 Å². The minimum absolute atomic E-state index is 0.0705. The molecule has 0 heterocycles. The van der Waals surface area contributed by atoms with Crippen LogP contribution in [0.2, 0.25) is 0 Å². The summed E-state index contributed by atoms with van der Waals surface area (Å²) in [6, 6.07) is 5.45. The van der Waals surface area contributed by atoms with Crippen molar-refractivity contribution in [1.29, 1.82) is 0 Å². The van der Waals surface area contributed by atoms with Gasteiger partial charge in [0, 0.05) is 12.2 Å². The Kier molecular flexibility index (Phi) is 5.17. The van der Waals surface area contributed by atoms with Crippen molar-refractivity contribution in [1.82, 2.24) is 10.6 Å². The minimum atomic E-state index is -0.468. The minimum Gasteiger partial charge on any atom is -0.376 e. The van der Waals surface area contributed by atoms with E-state index in [0.717, 1.165) is 11.3 Å². The molecule has 0 saturated heterocycles. The van der Waals surface area contributed by atoms with Gasteiger partial charge in [-0.1, -0.05) is 17.7 Å². The number of nitrogens with one attached hydrogen (secondary N) is 3. The summed E-state index contributed by atoms with van der Waals surface area (Å²) < 4.78 is 0. The van der Waals surface area contributed by atoms with E-state index < -0.39 is 6.03 Å². The number of carbonyl (C=O) groups is 2. The van der Waals surface area contributed by atoms with Crippen LogP contribution in [0.1, 0.15) is 18.1 Å². The smallest absolute Gasteiger partial charge is 0.321 e. The second kappa shape index (κ2) is 6.64. The van der Waals surface area contributed by atoms with E-state index in [1.54, 1.807) is 6.92 Å². The third-order valence-electron chi connectivity index (χ3n) is 2.41. The fourth-order valence-electron chi connectivity index (χ4n) is 1.56. The van der Waals surface area contributed by atoms with E-state index in [1.807, 2.05) is 32.0 Å². The van der Waals surface area contributed by atoms with Crippen LogP contribution in [0.3, 0.4) is 0 Å². The number of hydrogen-bond donors (Lipinski definition) is 3. The third kappa shape index (κ3) is 4.45. The highest BCUT2D eigenvalue weighted by Crippen LogP contribution is 2.15. The Bertz CT molecular complexity index is 444. The summed E-state index contributed by atoms with van der Waals surface area (Å²) in [7, 11) is 0. The number of aryl methyl sites for hydroxylation is 2. The lowest BCUT2D eigenvalue weighted by atomic mass is 10.1. The molecule has 0 aliphatic heterocycles. The molecule has 3 amide bonds. The Morgan fingerprint density at radius 3 is 2.56 bits per heavy atom. The van der Waals surface area contributed by atoms with Crippen LogP contribution < -0.4 is 16.0 Å². The predicted molar refractivity (Wildman–Crippen MR) is 71.6 cm³/mol. The van der Waals surface area contributed by atoms with Crippen molar-refractivity contribution >= 4 is 17.6 Å². The van der Waals surface area contributed by atoms with Gasteiger partial charge in [-0.15, -0.1) is 0 Å². The summed E-state index contributed by atoms with van der Waals surface area (Å²) in [4.78, 5) is 22.6. The number of rotatable bonds is 4. The molecule has 0 saturated carbocycles. The first-order valence-corrected chi connectivity index (χ1v) is 5.91. The zero-order valence-electron chi connectivity index (χ0n) is 11.0. The van der Waals surface area contributed by atoms with Crippen molar-refractivity contribution in [2.75, 3.05) is 18.4 Å². The van der Waals surface area contributed by atoms with Crippen LogP contribution in [0.4, 0.5) is 10.5 Å². The van der Waals surface area contributed by atoms with E-state index in [2.05, 4.69) is 16.0 Å². The zero-order valence-corrected chi connectivity index (χ0v) is 11.0. The lowest BCUT2D eigenvalue weighted by Crippen LogP contribution is -2.41. The fraction of sp³-hybridized carbons (Fsp3) is 0.385. The Morgan fingerprint density at radius 2 is 1.94 bits per heavy atom. The number of hydrogen-bond acceptors (Lipinski definition) is 3. The number of urea groups is 1. The molecule has 0 aromatic heterocycles. The molecule has 0 spiro atoms. The Labute approximate surface area is 107 Å². The molecule has 0 bridgehead atoms. The number of benzene rings is 1. The summed E-state index contributed by atoms with van der Waals surface area (Å²) in [6.07, 6.45) is 0. The molecule has 1 rings (SSSR count). The quantitative estimate of drug-likeness (QED) is 0.758. The number of imide groups is 1. The Balaban J connectivity index is 2.45. The van der Waals surface area contributed by atoms with Crippen molar-refractivity contribution in [2.45, 2.75) is 20.8 Å². The van der Waals surface area contributed by atoms with Gasteiger partial charge >= 0.3 is 6.03 Å². The summed E-state index contributed by atoms with van der Waals surface area (Å²) in [5.41, 5.74) is 3.14. The molecule has 3 N–H and O–H groups in total. The fourth-order valence-corrected chi connectivity index (χ4v) is 1.56. The summed E-state index contributed by atoms with van der Waals surface area (Å²) in [5.74, 6) is -0.360. The van der Waals surface area contributed by atoms with E-state index >= 15 is 0 Å². The summed E-state index contributed by atoms with van der Waals surface area (Å²) in [6.45, 7) is 6.33. The Hall–Kier alpha value is -2.04. The van der Waals surface area contributed by atoms with Gasteiger partial charge in [0.1, 0.15) is 0 Å².